The van der Waals surface area contributed by atoms with E-state index in [0.717, 1.165) is 29.5 Å². The molecule has 1 saturated heterocycles. The van der Waals surface area contributed by atoms with Gasteiger partial charge in [-0.05, 0) is 38.1 Å². The first-order valence-electron chi connectivity index (χ1n) is 6.11. The number of hydrogen-bond acceptors (Lipinski definition) is 3. The summed E-state index contributed by atoms with van der Waals surface area (Å²) in [5, 5.41) is 7.78. The van der Waals surface area contributed by atoms with Gasteiger partial charge in [0.05, 0.1) is 16.4 Å². The third kappa shape index (κ3) is 3.05. The van der Waals surface area contributed by atoms with E-state index >= 15 is 0 Å². The van der Waals surface area contributed by atoms with Crippen molar-refractivity contribution in [2.75, 3.05) is 37.4 Å². The van der Waals surface area contributed by atoms with Crippen molar-refractivity contribution >= 4 is 23.0 Å². The Morgan fingerprint density at radius 2 is 2.00 bits per heavy atom. The van der Waals surface area contributed by atoms with E-state index in [1.165, 1.54) is 12.8 Å². The molecule has 0 bridgehead atoms. The van der Waals surface area contributed by atoms with Crippen molar-refractivity contribution in [3.8, 4) is 0 Å². The molecule has 17 heavy (non-hydrogen) atoms. The fourth-order valence-corrected chi connectivity index (χ4v) is 2.62. The van der Waals surface area contributed by atoms with Crippen molar-refractivity contribution in [1.29, 1.82) is 0 Å². The summed E-state index contributed by atoms with van der Waals surface area (Å²) < 4.78 is 0. The van der Waals surface area contributed by atoms with E-state index in [9.17, 15) is 0 Å². The van der Waals surface area contributed by atoms with Crippen LogP contribution in [-0.4, -0.2) is 33.2 Å². The molecule has 0 amide bonds. The zero-order chi connectivity index (χ0) is 12.3. The molecular weight excluding hydrogens is 234 g/mol. The van der Waals surface area contributed by atoms with E-state index in [1.54, 1.807) is 0 Å². The van der Waals surface area contributed by atoms with Crippen LogP contribution in [0.5, 0.6) is 0 Å². The molecule has 1 heterocycles. The third-order valence-corrected chi connectivity index (χ3v) is 3.44. The maximum Gasteiger partial charge on any atom is 0.0786 e. The number of hydrogen-bond donors (Lipinski definition) is 2. The average Bonchev–Trinajstić information content (AvgIpc) is 2.30. The fourth-order valence-electron chi connectivity index (χ4n) is 2.27. The highest BCUT2D eigenvalue weighted by molar-refractivity contribution is 6.34. The van der Waals surface area contributed by atoms with Crippen molar-refractivity contribution < 1.29 is 0 Å². The molecule has 2 rings (SSSR count). The van der Waals surface area contributed by atoms with E-state index in [0.29, 0.717) is 6.04 Å². The summed E-state index contributed by atoms with van der Waals surface area (Å²) in [7, 11) is 4.05. The zero-order valence-electron chi connectivity index (χ0n) is 10.5. The lowest BCUT2D eigenvalue weighted by Gasteiger charge is -2.27. The number of piperidine rings is 1. The minimum atomic E-state index is 0.549. The molecule has 0 spiro atoms. The van der Waals surface area contributed by atoms with Crippen LogP contribution in [0.15, 0.2) is 18.2 Å². The summed E-state index contributed by atoms with van der Waals surface area (Å²) in [4.78, 5) is 2.06. The smallest absolute Gasteiger partial charge is 0.0786 e. The Morgan fingerprint density at radius 1 is 1.29 bits per heavy atom. The number of para-hydroxylation sites is 1. The van der Waals surface area contributed by atoms with Gasteiger partial charge in [0.2, 0.25) is 0 Å². The Kier molecular flexibility index (Phi) is 4.13. The summed E-state index contributed by atoms with van der Waals surface area (Å²) in [5.74, 6) is 0. The van der Waals surface area contributed by atoms with Crippen LogP contribution in [0.25, 0.3) is 0 Å². The monoisotopic (exact) mass is 253 g/mol. The van der Waals surface area contributed by atoms with Crippen LogP contribution in [0.2, 0.25) is 5.02 Å². The molecule has 1 aliphatic rings. The van der Waals surface area contributed by atoms with Gasteiger partial charge >= 0.3 is 0 Å². The molecule has 0 atom stereocenters. The second-order valence-corrected chi connectivity index (χ2v) is 5.11. The van der Waals surface area contributed by atoms with Gasteiger partial charge in [-0.1, -0.05) is 17.7 Å². The first-order chi connectivity index (χ1) is 8.18. The van der Waals surface area contributed by atoms with Crippen molar-refractivity contribution in [3.63, 3.8) is 0 Å². The van der Waals surface area contributed by atoms with Crippen molar-refractivity contribution in [2.24, 2.45) is 0 Å². The molecule has 0 unspecified atom stereocenters. The first-order valence-corrected chi connectivity index (χ1v) is 6.49. The quantitative estimate of drug-likeness (QED) is 0.867. The van der Waals surface area contributed by atoms with Crippen LogP contribution in [-0.2, 0) is 0 Å². The number of halogens is 1. The number of nitrogens with zero attached hydrogens (tertiary/aromatic N) is 1. The maximum atomic E-state index is 6.25. The van der Waals surface area contributed by atoms with Crippen molar-refractivity contribution in [2.45, 2.75) is 18.9 Å². The topological polar surface area (TPSA) is 27.3 Å². The normalized spacial score (nSPS) is 16.9. The Bertz CT molecular complexity index is 373. The molecule has 2 N–H and O–H groups in total. The molecule has 4 heteroatoms. The second kappa shape index (κ2) is 5.61. The summed E-state index contributed by atoms with van der Waals surface area (Å²) in [6.45, 7) is 2.19. The van der Waals surface area contributed by atoms with Gasteiger partial charge in [-0.15, -0.1) is 0 Å². The predicted molar refractivity (Wildman–Crippen MR) is 75.3 cm³/mol. The molecular formula is C13H20ClN3. The van der Waals surface area contributed by atoms with Gasteiger partial charge in [0.15, 0.2) is 0 Å². The highest BCUT2D eigenvalue weighted by Crippen LogP contribution is 2.33. The fraction of sp³-hybridized carbons (Fsp3) is 0.538. The average molecular weight is 254 g/mol. The lowest BCUT2D eigenvalue weighted by molar-refractivity contribution is 0.479. The molecule has 0 aliphatic carbocycles. The number of rotatable bonds is 3. The third-order valence-electron chi connectivity index (χ3n) is 3.13. The van der Waals surface area contributed by atoms with Gasteiger partial charge in [0.25, 0.3) is 0 Å². The van der Waals surface area contributed by atoms with Crippen molar-refractivity contribution in [3.05, 3.63) is 23.2 Å². The van der Waals surface area contributed by atoms with E-state index in [1.807, 2.05) is 26.2 Å². The SMILES string of the molecule is CN(C)c1c(Cl)cccc1NC1CCNCC1. The first kappa shape index (κ1) is 12.5. The van der Waals surface area contributed by atoms with E-state index in [2.05, 4.69) is 21.6 Å². The highest BCUT2D eigenvalue weighted by atomic mass is 35.5. The summed E-state index contributed by atoms with van der Waals surface area (Å²) >= 11 is 6.25. The summed E-state index contributed by atoms with van der Waals surface area (Å²) in [6.07, 6.45) is 2.33. The minimum Gasteiger partial charge on any atom is -0.380 e. The molecule has 3 nitrogen and oxygen atoms in total. The van der Waals surface area contributed by atoms with Gasteiger partial charge in [0.1, 0.15) is 0 Å². The van der Waals surface area contributed by atoms with Gasteiger partial charge in [-0.25, -0.2) is 0 Å². The maximum absolute atomic E-state index is 6.25. The summed E-state index contributed by atoms with van der Waals surface area (Å²) in [5.41, 5.74) is 2.21. The number of nitrogens with one attached hydrogen (secondary N) is 2. The Morgan fingerprint density at radius 3 is 2.65 bits per heavy atom. The molecule has 1 aromatic carbocycles. The Hall–Kier alpha value is -0.930. The van der Waals surface area contributed by atoms with E-state index in [-0.39, 0.29) is 0 Å². The number of benzene rings is 1. The molecule has 0 saturated carbocycles. The Balaban J connectivity index is 2.16. The van der Waals surface area contributed by atoms with Gasteiger partial charge in [-0.2, -0.15) is 0 Å². The van der Waals surface area contributed by atoms with Crippen LogP contribution in [0.3, 0.4) is 0 Å². The van der Waals surface area contributed by atoms with Gasteiger partial charge in [-0.3, -0.25) is 0 Å². The zero-order valence-corrected chi connectivity index (χ0v) is 11.2. The molecule has 0 aromatic heterocycles. The lowest BCUT2D eigenvalue weighted by atomic mass is 10.1. The summed E-state index contributed by atoms with van der Waals surface area (Å²) in [6, 6.07) is 6.58. The van der Waals surface area contributed by atoms with Crippen LogP contribution in [0.1, 0.15) is 12.8 Å². The van der Waals surface area contributed by atoms with Crippen LogP contribution in [0.4, 0.5) is 11.4 Å². The van der Waals surface area contributed by atoms with Crippen LogP contribution < -0.4 is 15.5 Å². The number of anilines is 2. The molecule has 94 valence electrons. The standard InChI is InChI=1S/C13H20ClN3/c1-17(2)13-11(14)4-3-5-12(13)16-10-6-8-15-9-7-10/h3-5,10,15-16H,6-9H2,1-2H3. The van der Waals surface area contributed by atoms with E-state index < -0.39 is 0 Å². The van der Waals surface area contributed by atoms with Gasteiger partial charge < -0.3 is 15.5 Å². The van der Waals surface area contributed by atoms with Crippen molar-refractivity contribution in [1.82, 2.24) is 5.32 Å². The predicted octanol–water partition coefficient (Wildman–Crippen LogP) is 2.57. The largest absolute Gasteiger partial charge is 0.380 e. The van der Waals surface area contributed by atoms with Gasteiger partial charge in [0, 0.05) is 20.1 Å². The van der Waals surface area contributed by atoms with Crippen LogP contribution in [0, 0.1) is 0 Å². The molecule has 1 aliphatic heterocycles. The second-order valence-electron chi connectivity index (χ2n) is 4.70. The molecule has 1 fully saturated rings. The lowest BCUT2D eigenvalue weighted by Crippen LogP contribution is -2.35. The molecule has 0 radical (unpaired) electrons. The highest BCUT2D eigenvalue weighted by Gasteiger charge is 2.15. The van der Waals surface area contributed by atoms with Crippen LogP contribution >= 0.6 is 11.6 Å². The minimum absolute atomic E-state index is 0.549. The Labute approximate surface area is 108 Å². The molecule has 1 aromatic rings. The van der Waals surface area contributed by atoms with E-state index in [4.69, 9.17) is 11.6 Å².